The molecule has 1 atom stereocenters. The second kappa shape index (κ2) is 11.0. The number of carbonyl (C=O) groups is 1. The first-order chi connectivity index (χ1) is 18.2. The van der Waals surface area contributed by atoms with Crippen LogP contribution in [0.15, 0.2) is 54.6 Å². The zero-order chi connectivity index (χ0) is 28.4. The Morgan fingerprint density at radius 2 is 1.85 bits per heavy atom. The standard InChI is InChI=1S/C25H27FN2O9S2/c1-25(30,16-37-38(2,31)32)10-11-35-19-9-8-18-12-21(36-15-17-6-4-3-5-7-17)24(23(26)20(18)13-19)28-14-22(29)27-39(28,33)34/h3-9,12-13,30H,10-11,14-16H2,1-2H3,(H,27,29)/t25-/m0/s1. The summed E-state index contributed by atoms with van der Waals surface area (Å²) >= 11 is 0. The second-order valence-corrected chi connectivity index (χ2v) is 12.5. The lowest BCUT2D eigenvalue weighted by atomic mass is 10.1. The molecule has 1 aliphatic rings. The molecule has 1 aliphatic heterocycles. The van der Waals surface area contributed by atoms with Crippen molar-refractivity contribution in [3.05, 3.63) is 66.0 Å². The first kappa shape index (κ1) is 28.5. The molecular weight excluding hydrogens is 555 g/mol. The van der Waals surface area contributed by atoms with Crippen LogP contribution in [-0.2, 0) is 35.9 Å². The first-order valence-corrected chi connectivity index (χ1v) is 15.0. The van der Waals surface area contributed by atoms with Gasteiger partial charge in [0.1, 0.15) is 30.3 Å². The van der Waals surface area contributed by atoms with Crippen LogP contribution in [0.3, 0.4) is 0 Å². The molecule has 3 aromatic rings. The number of hydrogen-bond acceptors (Lipinski definition) is 9. The Labute approximate surface area is 225 Å². The predicted octanol–water partition coefficient (Wildman–Crippen LogP) is 2.24. The number of amides is 1. The van der Waals surface area contributed by atoms with Gasteiger partial charge in [-0.3, -0.25) is 8.98 Å². The van der Waals surface area contributed by atoms with E-state index in [1.165, 1.54) is 19.1 Å². The Hall–Kier alpha value is -3.46. The Bertz CT molecular complexity index is 1590. The maximum atomic E-state index is 16.0. The molecule has 1 heterocycles. The highest BCUT2D eigenvalue weighted by molar-refractivity contribution is 7.92. The number of carbonyl (C=O) groups excluding carboxylic acids is 1. The van der Waals surface area contributed by atoms with E-state index in [9.17, 15) is 26.7 Å². The predicted molar refractivity (Wildman–Crippen MR) is 141 cm³/mol. The van der Waals surface area contributed by atoms with Gasteiger partial charge < -0.3 is 14.6 Å². The summed E-state index contributed by atoms with van der Waals surface area (Å²) in [5.41, 5.74) is -1.16. The number of ether oxygens (including phenoxy) is 2. The van der Waals surface area contributed by atoms with Crippen LogP contribution >= 0.6 is 0 Å². The highest BCUT2D eigenvalue weighted by Crippen LogP contribution is 2.40. The van der Waals surface area contributed by atoms with Gasteiger partial charge in [0, 0.05) is 11.8 Å². The first-order valence-electron chi connectivity index (χ1n) is 11.7. The van der Waals surface area contributed by atoms with E-state index in [-0.39, 0.29) is 36.5 Å². The van der Waals surface area contributed by atoms with E-state index in [4.69, 9.17) is 9.47 Å². The van der Waals surface area contributed by atoms with Crippen LogP contribution in [-0.4, -0.2) is 59.5 Å². The fourth-order valence-electron chi connectivity index (χ4n) is 3.80. The van der Waals surface area contributed by atoms with E-state index < -0.39 is 56.5 Å². The summed E-state index contributed by atoms with van der Waals surface area (Å²) < 4.78 is 82.1. The van der Waals surface area contributed by atoms with Crippen LogP contribution in [0.1, 0.15) is 18.9 Å². The summed E-state index contributed by atoms with van der Waals surface area (Å²) in [4.78, 5) is 11.9. The molecule has 0 aromatic heterocycles. The van der Waals surface area contributed by atoms with E-state index in [1.54, 1.807) is 36.4 Å². The highest BCUT2D eigenvalue weighted by atomic mass is 32.2. The second-order valence-electron chi connectivity index (χ2n) is 9.29. The van der Waals surface area contributed by atoms with E-state index in [2.05, 4.69) is 4.18 Å². The highest BCUT2D eigenvalue weighted by Gasteiger charge is 2.38. The van der Waals surface area contributed by atoms with Crippen LogP contribution in [0.2, 0.25) is 0 Å². The van der Waals surface area contributed by atoms with Crippen molar-refractivity contribution in [2.24, 2.45) is 0 Å². The van der Waals surface area contributed by atoms with Gasteiger partial charge in [-0.2, -0.15) is 16.8 Å². The molecule has 210 valence electrons. The molecule has 0 radical (unpaired) electrons. The third-order valence-electron chi connectivity index (χ3n) is 5.79. The topological polar surface area (TPSA) is 149 Å². The number of benzene rings is 3. The average molecular weight is 583 g/mol. The molecule has 0 spiro atoms. The van der Waals surface area contributed by atoms with Gasteiger partial charge >= 0.3 is 10.2 Å². The molecule has 1 amide bonds. The van der Waals surface area contributed by atoms with Gasteiger partial charge in [0.05, 0.1) is 25.1 Å². The molecule has 4 rings (SSSR count). The molecule has 39 heavy (non-hydrogen) atoms. The Morgan fingerprint density at radius 1 is 1.13 bits per heavy atom. The number of fused-ring (bicyclic) bond motifs is 1. The molecule has 14 heteroatoms. The van der Waals surface area contributed by atoms with Gasteiger partial charge in [-0.1, -0.05) is 36.4 Å². The summed E-state index contributed by atoms with van der Waals surface area (Å²) in [6.07, 6.45) is 0.870. The lowest BCUT2D eigenvalue weighted by Crippen LogP contribution is -2.33. The number of nitrogens with one attached hydrogen (secondary N) is 1. The summed E-state index contributed by atoms with van der Waals surface area (Å²) in [5, 5.41) is 10.7. The molecule has 2 N–H and O–H groups in total. The van der Waals surface area contributed by atoms with Gasteiger partial charge in [-0.15, -0.1) is 0 Å². The van der Waals surface area contributed by atoms with Crippen molar-refractivity contribution in [1.82, 2.24) is 4.72 Å². The average Bonchev–Trinajstić information content (AvgIpc) is 3.13. The molecule has 3 aromatic carbocycles. The van der Waals surface area contributed by atoms with Gasteiger partial charge in [-0.25, -0.2) is 13.4 Å². The number of rotatable bonds is 11. The summed E-state index contributed by atoms with van der Waals surface area (Å²) in [5.74, 6) is -1.61. The molecule has 0 bridgehead atoms. The zero-order valence-electron chi connectivity index (χ0n) is 21.1. The van der Waals surface area contributed by atoms with Crippen molar-refractivity contribution >= 4 is 42.7 Å². The molecule has 0 saturated carbocycles. The Balaban J connectivity index is 1.62. The molecule has 0 unspecified atom stereocenters. The minimum absolute atomic E-state index is 0.000353. The van der Waals surface area contributed by atoms with Crippen molar-refractivity contribution in [2.75, 3.05) is 30.3 Å². The largest absolute Gasteiger partial charge is 0.493 e. The maximum absolute atomic E-state index is 16.0. The maximum Gasteiger partial charge on any atom is 0.326 e. The fourth-order valence-corrected chi connectivity index (χ4v) is 5.43. The van der Waals surface area contributed by atoms with Gasteiger partial charge in [0.25, 0.3) is 16.0 Å². The van der Waals surface area contributed by atoms with Crippen LogP contribution in [0.4, 0.5) is 10.1 Å². The summed E-state index contributed by atoms with van der Waals surface area (Å²) in [7, 11) is -8.08. The van der Waals surface area contributed by atoms with E-state index in [0.717, 1.165) is 11.8 Å². The third kappa shape index (κ3) is 7.15. The van der Waals surface area contributed by atoms with E-state index in [1.807, 2.05) is 10.8 Å². The van der Waals surface area contributed by atoms with Crippen LogP contribution in [0.25, 0.3) is 10.8 Å². The van der Waals surface area contributed by atoms with Crippen molar-refractivity contribution in [1.29, 1.82) is 0 Å². The van der Waals surface area contributed by atoms with Crippen molar-refractivity contribution in [3.8, 4) is 11.5 Å². The number of aliphatic hydroxyl groups is 1. The fraction of sp³-hybridized carbons (Fsp3) is 0.320. The monoisotopic (exact) mass is 582 g/mol. The number of hydrogen-bond donors (Lipinski definition) is 2. The number of anilines is 1. The third-order valence-corrected chi connectivity index (χ3v) is 7.71. The minimum Gasteiger partial charge on any atom is -0.493 e. The normalized spacial score (nSPS) is 16.6. The SMILES string of the molecule is C[C@](O)(CCOc1ccc2cc(OCc3ccccc3)c(N3CC(=O)NS3(=O)=O)c(F)c2c1)COS(C)(=O)=O. The smallest absolute Gasteiger partial charge is 0.326 e. The lowest BCUT2D eigenvalue weighted by molar-refractivity contribution is -0.117. The summed E-state index contributed by atoms with van der Waals surface area (Å²) in [6.45, 7) is 0.271. The van der Waals surface area contributed by atoms with Crippen molar-refractivity contribution in [3.63, 3.8) is 0 Å². The number of halogens is 1. The van der Waals surface area contributed by atoms with Gasteiger partial charge in [0.2, 0.25) is 0 Å². The Kier molecular flexibility index (Phi) is 8.02. The number of nitrogens with zero attached hydrogens (tertiary/aromatic N) is 1. The quantitative estimate of drug-likeness (QED) is 0.325. The zero-order valence-corrected chi connectivity index (χ0v) is 22.7. The molecule has 1 saturated heterocycles. The Morgan fingerprint density at radius 3 is 2.49 bits per heavy atom. The molecule has 1 fully saturated rings. The molecular formula is C25H27FN2O9S2. The van der Waals surface area contributed by atoms with E-state index >= 15 is 4.39 Å². The molecule has 11 nitrogen and oxygen atoms in total. The van der Waals surface area contributed by atoms with Gasteiger partial charge in [0.15, 0.2) is 5.82 Å². The molecule has 0 aliphatic carbocycles. The van der Waals surface area contributed by atoms with Crippen molar-refractivity contribution in [2.45, 2.75) is 25.6 Å². The van der Waals surface area contributed by atoms with Gasteiger partial charge in [-0.05, 0) is 36.1 Å². The summed E-state index contributed by atoms with van der Waals surface area (Å²) in [6, 6.07) is 15.0. The van der Waals surface area contributed by atoms with E-state index in [0.29, 0.717) is 9.69 Å². The van der Waals surface area contributed by atoms with Crippen LogP contribution in [0, 0.1) is 5.82 Å². The lowest BCUT2D eigenvalue weighted by Gasteiger charge is -2.23. The van der Waals surface area contributed by atoms with Crippen LogP contribution in [0.5, 0.6) is 11.5 Å². The minimum atomic E-state index is -4.34. The van der Waals surface area contributed by atoms with Crippen LogP contribution < -0.4 is 18.5 Å². The van der Waals surface area contributed by atoms with Crippen molar-refractivity contribution < 1.29 is 44.8 Å².